The van der Waals surface area contributed by atoms with Crippen LogP contribution in [0.25, 0.3) is 0 Å². The molecular formula is C11H6BrClFNO2. The number of hydrogen-bond donors (Lipinski definition) is 0. The summed E-state index contributed by atoms with van der Waals surface area (Å²) in [6.45, 7) is 3.49. The van der Waals surface area contributed by atoms with Crippen LogP contribution in [-0.2, 0) is 4.79 Å². The van der Waals surface area contributed by atoms with E-state index in [0.29, 0.717) is 10.2 Å². The highest BCUT2D eigenvalue weighted by Crippen LogP contribution is 2.37. The number of fused-ring (bicyclic) bond motifs is 1. The molecule has 0 bridgehead atoms. The quantitative estimate of drug-likeness (QED) is 0.786. The molecule has 0 aliphatic carbocycles. The van der Waals surface area contributed by atoms with Gasteiger partial charge in [0, 0.05) is 9.51 Å². The lowest BCUT2D eigenvalue weighted by Gasteiger charge is -2.16. The summed E-state index contributed by atoms with van der Waals surface area (Å²) in [6, 6.07) is 2.23. The van der Waals surface area contributed by atoms with Crippen LogP contribution in [0.3, 0.4) is 0 Å². The molecule has 0 aromatic heterocycles. The predicted octanol–water partition coefficient (Wildman–Crippen LogP) is 2.87. The van der Waals surface area contributed by atoms with Gasteiger partial charge >= 0.3 is 0 Å². The van der Waals surface area contributed by atoms with Gasteiger partial charge in [-0.25, -0.2) is 4.39 Å². The Kier molecular flexibility index (Phi) is 3.05. The van der Waals surface area contributed by atoms with Crippen molar-refractivity contribution in [1.82, 2.24) is 0 Å². The number of benzene rings is 1. The standard InChI is InChI=1S/C11H6BrClFNO2/c1-5(13)4-15-9-7(10(16)11(15)17)2-6(14)3-8(9)12/h2-3H,1,4H2. The smallest absolute Gasteiger partial charge is 0.298 e. The minimum Gasteiger partial charge on any atom is -0.298 e. The Balaban J connectivity index is 2.60. The Hall–Kier alpha value is -1.20. The lowest BCUT2D eigenvalue weighted by atomic mass is 10.1. The van der Waals surface area contributed by atoms with Gasteiger partial charge in [0.25, 0.3) is 11.7 Å². The molecule has 0 saturated carbocycles. The normalized spacial score (nSPS) is 14.2. The molecule has 0 spiro atoms. The zero-order valence-corrected chi connectivity index (χ0v) is 10.8. The molecule has 0 atom stereocenters. The SMILES string of the molecule is C=C(Cl)CN1C(=O)C(=O)c2cc(F)cc(Br)c21. The van der Waals surface area contributed by atoms with E-state index in [0.717, 1.165) is 6.07 Å². The van der Waals surface area contributed by atoms with Gasteiger partial charge in [0.2, 0.25) is 0 Å². The summed E-state index contributed by atoms with van der Waals surface area (Å²) < 4.78 is 13.5. The molecule has 0 fully saturated rings. The number of carbonyl (C=O) groups excluding carboxylic acids is 2. The van der Waals surface area contributed by atoms with Crippen molar-refractivity contribution in [3.05, 3.63) is 39.6 Å². The fourth-order valence-electron chi connectivity index (χ4n) is 1.68. The van der Waals surface area contributed by atoms with Crippen LogP contribution in [0.2, 0.25) is 0 Å². The van der Waals surface area contributed by atoms with E-state index in [1.807, 2.05) is 0 Å². The lowest BCUT2D eigenvalue weighted by molar-refractivity contribution is -0.114. The number of anilines is 1. The van der Waals surface area contributed by atoms with E-state index in [4.69, 9.17) is 11.6 Å². The van der Waals surface area contributed by atoms with Crippen molar-refractivity contribution in [1.29, 1.82) is 0 Å². The zero-order chi connectivity index (χ0) is 12.7. The van der Waals surface area contributed by atoms with Gasteiger partial charge in [0.1, 0.15) is 5.82 Å². The first kappa shape index (κ1) is 12.3. The van der Waals surface area contributed by atoms with Gasteiger partial charge in [-0.05, 0) is 28.1 Å². The topological polar surface area (TPSA) is 37.4 Å². The van der Waals surface area contributed by atoms with Crippen LogP contribution >= 0.6 is 27.5 Å². The van der Waals surface area contributed by atoms with E-state index >= 15 is 0 Å². The number of halogens is 3. The fourth-order valence-corrected chi connectivity index (χ4v) is 2.44. The second-order valence-corrected chi connectivity index (χ2v) is 4.91. The summed E-state index contributed by atoms with van der Waals surface area (Å²) in [5.74, 6) is -2.05. The van der Waals surface area contributed by atoms with Crippen LogP contribution in [0, 0.1) is 5.82 Å². The first-order valence-electron chi connectivity index (χ1n) is 4.60. The number of Topliss-reactive ketones (excluding diaryl/α,β-unsaturated/α-hetero) is 1. The number of rotatable bonds is 2. The Labute approximate surface area is 110 Å². The molecular weight excluding hydrogens is 312 g/mol. The Morgan fingerprint density at radius 2 is 2.12 bits per heavy atom. The number of carbonyl (C=O) groups is 2. The van der Waals surface area contributed by atoms with Crippen molar-refractivity contribution >= 4 is 44.9 Å². The summed E-state index contributed by atoms with van der Waals surface area (Å²) in [7, 11) is 0. The highest BCUT2D eigenvalue weighted by molar-refractivity contribution is 9.10. The maximum absolute atomic E-state index is 13.2. The molecule has 0 unspecified atom stereocenters. The van der Waals surface area contributed by atoms with Gasteiger partial charge in [-0.3, -0.25) is 14.5 Å². The molecule has 88 valence electrons. The number of hydrogen-bond acceptors (Lipinski definition) is 2. The van der Waals surface area contributed by atoms with Crippen LogP contribution in [0.1, 0.15) is 10.4 Å². The average Bonchev–Trinajstić information content (AvgIpc) is 2.43. The summed E-state index contributed by atoms with van der Waals surface area (Å²) in [5.41, 5.74) is 0.378. The first-order chi connectivity index (χ1) is 7.91. The first-order valence-corrected chi connectivity index (χ1v) is 5.77. The molecule has 1 heterocycles. The number of nitrogens with zero attached hydrogens (tertiary/aromatic N) is 1. The van der Waals surface area contributed by atoms with Crippen molar-refractivity contribution in [3.63, 3.8) is 0 Å². The molecule has 1 aromatic carbocycles. The lowest BCUT2D eigenvalue weighted by Crippen LogP contribution is -2.30. The van der Waals surface area contributed by atoms with Gasteiger partial charge in [-0.15, -0.1) is 0 Å². The summed E-state index contributed by atoms with van der Waals surface area (Å²) >= 11 is 8.76. The number of ketones is 1. The molecule has 3 nitrogen and oxygen atoms in total. The maximum Gasteiger partial charge on any atom is 0.299 e. The van der Waals surface area contributed by atoms with Crippen LogP contribution in [-0.4, -0.2) is 18.2 Å². The Morgan fingerprint density at radius 3 is 2.71 bits per heavy atom. The third-order valence-electron chi connectivity index (χ3n) is 2.31. The second kappa shape index (κ2) is 4.23. The molecule has 1 aliphatic rings. The molecule has 6 heteroatoms. The Morgan fingerprint density at radius 1 is 1.47 bits per heavy atom. The van der Waals surface area contributed by atoms with E-state index in [9.17, 15) is 14.0 Å². The van der Waals surface area contributed by atoms with Crippen molar-refractivity contribution < 1.29 is 14.0 Å². The van der Waals surface area contributed by atoms with Crippen LogP contribution < -0.4 is 4.90 Å². The van der Waals surface area contributed by atoms with Crippen molar-refractivity contribution in [2.45, 2.75) is 0 Å². The minimum absolute atomic E-state index is 0.0172. The van der Waals surface area contributed by atoms with E-state index in [2.05, 4.69) is 22.5 Å². The molecule has 2 rings (SSSR count). The molecule has 1 aliphatic heterocycles. The third kappa shape index (κ3) is 2.00. The third-order valence-corrected chi connectivity index (χ3v) is 3.04. The van der Waals surface area contributed by atoms with E-state index in [1.165, 1.54) is 11.0 Å². The average molecular weight is 319 g/mol. The molecule has 17 heavy (non-hydrogen) atoms. The fraction of sp³-hybridized carbons (Fsp3) is 0.0909. The van der Waals surface area contributed by atoms with Crippen LogP contribution in [0.15, 0.2) is 28.2 Å². The molecule has 1 amide bonds. The highest BCUT2D eigenvalue weighted by atomic mass is 79.9. The van der Waals surface area contributed by atoms with Crippen LogP contribution in [0.5, 0.6) is 0 Å². The second-order valence-electron chi connectivity index (χ2n) is 3.52. The molecule has 0 saturated heterocycles. The molecule has 0 N–H and O–H groups in total. The van der Waals surface area contributed by atoms with Crippen LogP contribution in [0.4, 0.5) is 10.1 Å². The highest BCUT2D eigenvalue weighted by Gasteiger charge is 2.37. The van der Waals surface area contributed by atoms with E-state index in [1.54, 1.807) is 0 Å². The van der Waals surface area contributed by atoms with Crippen molar-refractivity contribution in [2.75, 3.05) is 11.4 Å². The van der Waals surface area contributed by atoms with E-state index < -0.39 is 17.5 Å². The van der Waals surface area contributed by atoms with Gasteiger partial charge in [-0.2, -0.15) is 0 Å². The number of amides is 1. The largest absolute Gasteiger partial charge is 0.299 e. The zero-order valence-electron chi connectivity index (χ0n) is 8.47. The van der Waals surface area contributed by atoms with Gasteiger partial charge in [-0.1, -0.05) is 18.2 Å². The van der Waals surface area contributed by atoms with Crippen molar-refractivity contribution in [3.8, 4) is 0 Å². The summed E-state index contributed by atoms with van der Waals surface area (Å²) in [4.78, 5) is 24.5. The van der Waals surface area contributed by atoms with E-state index in [-0.39, 0.29) is 17.1 Å². The summed E-state index contributed by atoms with van der Waals surface area (Å²) in [5, 5.41) is 0.218. The van der Waals surface area contributed by atoms with Gasteiger partial charge in [0.05, 0.1) is 17.8 Å². The maximum atomic E-state index is 13.2. The monoisotopic (exact) mass is 317 g/mol. The summed E-state index contributed by atoms with van der Waals surface area (Å²) in [6.07, 6.45) is 0. The van der Waals surface area contributed by atoms with Crippen molar-refractivity contribution in [2.24, 2.45) is 0 Å². The molecule has 1 aromatic rings. The molecule has 0 radical (unpaired) electrons. The van der Waals surface area contributed by atoms with Gasteiger partial charge in [0.15, 0.2) is 0 Å². The van der Waals surface area contributed by atoms with Gasteiger partial charge < -0.3 is 0 Å². The predicted molar refractivity (Wildman–Crippen MR) is 65.8 cm³/mol. The Bertz CT molecular complexity index is 559. The minimum atomic E-state index is -0.738.